The number of fused-ring (bicyclic) bond motifs is 13. The third-order valence-corrected chi connectivity index (χ3v) is 11.0. The third-order valence-electron chi connectivity index (χ3n) is 11.0. The fourth-order valence-electron chi connectivity index (χ4n) is 8.49. The van der Waals surface area contributed by atoms with Crippen LogP contribution in [0.2, 0.25) is 0 Å². The van der Waals surface area contributed by atoms with Gasteiger partial charge in [0.05, 0.1) is 28.6 Å². The Hall–Kier alpha value is -7.37. The summed E-state index contributed by atoms with van der Waals surface area (Å²) in [5, 5.41) is 11.3. The fourth-order valence-corrected chi connectivity index (χ4v) is 8.49. The number of nitrogens with zero attached hydrogens (tertiary/aromatic N) is 4. The Labute approximate surface area is 308 Å². The molecule has 0 saturated carbocycles. The molecule has 0 atom stereocenters. The number of pyridine rings is 1. The summed E-state index contributed by atoms with van der Waals surface area (Å²) in [6, 6.07) is 57.5. The molecule has 0 spiro atoms. The van der Waals surface area contributed by atoms with Gasteiger partial charge in [0.15, 0.2) is 11.4 Å². The molecule has 54 heavy (non-hydrogen) atoms. The molecule has 250 valence electrons. The molecule has 8 aromatic carbocycles. The van der Waals surface area contributed by atoms with Crippen molar-refractivity contribution in [2.24, 2.45) is 0 Å². The van der Waals surface area contributed by atoms with Gasteiger partial charge in [-0.15, -0.1) is 0 Å². The maximum absolute atomic E-state index is 6.34. The highest BCUT2D eigenvalue weighted by Crippen LogP contribution is 2.40. The van der Waals surface area contributed by atoms with Gasteiger partial charge in [0.2, 0.25) is 0 Å². The first-order valence-electron chi connectivity index (χ1n) is 18.2. The molecular weight excluding hydrogens is 661 g/mol. The maximum Gasteiger partial charge on any atom is 0.160 e. The van der Waals surface area contributed by atoms with Crippen LogP contribution in [-0.2, 0) is 0 Å². The van der Waals surface area contributed by atoms with Crippen LogP contribution in [-0.4, -0.2) is 19.4 Å². The van der Waals surface area contributed by atoms with Gasteiger partial charge in [0, 0.05) is 38.2 Å². The number of furan rings is 1. The molecule has 4 heterocycles. The van der Waals surface area contributed by atoms with E-state index in [4.69, 9.17) is 19.4 Å². The standard InChI is InChI=1S/C49H28N4O/c1-3-15-32-29(11-1)13-9-20-35(32)42-27-43(36-21-10-14-30-12-2-4-16-33(30)36)51-49(50-42)31-23-24-39-40(25-31)34-17-5-6-19-38(34)47-48(39)53-28-45-41(26-46(53)52-47)37-18-7-8-22-44(37)54-45/h1-28H. The smallest absolute Gasteiger partial charge is 0.160 e. The molecule has 0 unspecified atom stereocenters. The van der Waals surface area contributed by atoms with E-state index < -0.39 is 0 Å². The second kappa shape index (κ2) is 11.1. The summed E-state index contributed by atoms with van der Waals surface area (Å²) in [4.78, 5) is 15.9. The minimum Gasteiger partial charge on any atom is -0.455 e. The molecule has 0 aliphatic heterocycles. The molecule has 5 nitrogen and oxygen atoms in total. The summed E-state index contributed by atoms with van der Waals surface area (Å²) in [7, 11) is 0. The molecule has 5 heteroatoms. The van der Waals surface area contributed by atoms with Gasteiger partial charge in [-0.1, -0.05) is 140 Å². The van der Waals surface area contributed by atoms with Crippen LogP contribution < -0.4 is 0 Å². The highest BCUT2D eigenvalue weighted by molar-refractivity contribution is 6.25. The molecule has 0 aliphatic rings. The Bertz CT molecular complexity index is 3410. The van der Waals surface area contributed by atoms with Crippen molar-refractivity contribution in [3.8, 4) is 33.9 Å². The summed E-state index contributed by atoms with van der Waals surface area (Å²) >= 11 is 0. The van der Waals surface area contributed by atoms with Crippen molar-refractivity contribution in [3.05, 3.63) is 170 Å². The number of hydrogen-bond donors (Lipinski definition) is 0. The number of aromatic nitrogens is 4. The average molecular weight is 689 g/mol. The lowest BCUT2D eigenvalue weighted by atomic mass is 9.97. The van der Waals surface area contributed by atoms with E-state index in [1.165, 1.54) is 10.8 Å². The van der Waals surface area contributed by atoms with Crippen molar-refractivity contribution in [1.82, 2.24) is 19.4 Å². The number of rotatable bonds is 3. The predicted molar refractivity (Wildman–Crippen MR) is 222 cm³/mol. The zero-order valence-electron chi connectivity index (χ0n) is 28.9. The second-order valence-electron chi connectivity index (χ2n) is 14.0. The van der Waals surface area contributed by atoms with Crippen LogP contribution in [0.5, 0.6) is 0 Å². The number of hydrogen-bond acceptors (Lipinski definition) is 4. The minimum absolute atomic E-state index is 0.677. The monoisotopic (exact) mass is 688 g/mol. The molecule has 12 rings (SSSR count). The SMILES string of the molecule is c1ccc2c(-c3cc(-c4cccc5ccccc45)nc(-c4ccc5c(c4)c4ccccc4c4nc6cc7c(cn6c54)oc4ccccc47)n3)cccc2c1. The largest absolute Gasteiger partial charge is 0.455 e. The van der Waals surface area contributed by atoms with E-state index in [0.717, 1.165) is 99.0 Å². The Morgan fingerprint density at radius 3 is 1.74 bits per heavy atom. The van der Waals surface area contributed by atoms with E-state index in [1.54, 1.807) is 0 Å². The van der Waals surface area contributed by atoms with Gasteiger partial charge >= 0.3 is 0 Å². The average Bonchev–Trinajstić information content (AvgIpc) is 3.80. The zero-order valence-corrected chi connectivity index (χ0v) is 28.9. The van der Waals surface area contributed by atoms with E-state index in [9.17, 15) is 0 Å². The number of para-hydroxylation sites is 1. The van der Waals surface area contributed by atoms with Gasteiger partial charge in [0.25, 0.3) is 0 Å². The topological polar surface area (TPSA) is 56.2 Å². The highest BCUT2D eigenvalue weighted by atomic mass is 16.3. The van der Waals surface area contributed by atoms with Crippen LogP contribution in [0.1, 0.15) is 0 Å². The third kappa shape index (κ3) is 4.24. The first-order valence-corrected chi connectivity index (χ1v) is 18.2. The summed E-state index contributed by atoms with van der Waals surface area (Å²) < 4.78 is 8.52. The molecule has 0 amide bonds. The summed E-state index contributed by atoms with van der Waals surface area (Å²) in [5.41, 5.74) is 9.49. The van der Waals surface area contributed by atoms with Gasteiger partial charge in [-0.2, -0.15) is 0 Å². The van der Waals surface area contributed by atoms with E-state index in [0.29, 0.717) is 5.82 Å². The lowest BCUT2D eigenvalue weighted by molar-refractivity contribution is 0.666. The summed E-state index contributed by atoms with van der Waals surface area (Å²) in [6.07, 6.45) is 2.09. The molecule has 0 bridgehead atoms. The predicted octanol–water partition coefficient (Wildman–Crippen LogP) is 12.8. The Morgan fingerprint density at radius 1 is 0.407 bits per heavy atom. The lowest BCUT2D eigenvalue weighted by Gasteiger charge is -2.13. The van der Waals surface area contributed by atoms with Crippen LogP contribution in [0.3, 0.4) is 0 Å². The minimum atomic E-state index is 0.677. The van der Waals surface area contributed by atoms with Crippen molar-refractivity contribution < 1.29 is 4.42 Å². The normalized spacial score (nSPS) is 12.1. The van der Waals surface area contributed by atoms with E-state index >= 15 is 0 Å². The van der Waals surface area contributed by atoms with E-state index in [1.807, 2.05) is 12.1 Å². The quantitative estimate of drug-likeness (QED) is 0.173. The van der Waals surface area contributed by atoms with Gasteiger partial charge in [-0.25, -0.2) is 15.0 Å². The van der Waals surface area contributed by atoms with E-state index in [-0.39, 0.29) is 0 Å². The van der Waals surface area contributed by atoms with Gasteiger partial charge < -0.3 is 4.42 Å². The van der Waals surface area contributed by atoms with Gasteiger partial charge in [-0.05, 0) is 56.6 Å². The lowest BCUT2D eigenvalue weighted by Crippen LogP contribution is -1.97. The first kappa shape index (κ1) is 29.2. The van der Waals surface area contributed by atoms with Crippen molar-refractivity contribution in [2.75, 3.05) is 0 Å². The van der Waals surface area contributed by atoms with Crippen LogP contribution in [0.4, 0.5) is 0 Å². The molecule has 0 saturated heterocycles. The molecule has 4 aromatic heterocycles. The van der Waals surface area contributed by atoms with Gasteiger partial charge in [0.1, 0.15) is 11.2 Å². The van der Waals surface area contributed by atoms with Gasteiger partial charge in [-0.3, -0.25) is 4.40 Å². The molecule has 0 aliphatic carbocycles. The number of benzene rings is 8. The molecule has 12 aromatic rings. The maximum atomic E-state index is 6.34. The Morgan fingerprint density at radius 2 is 1.02 bits per heavy atom. The molecule has 0 N–H and O–H groups in total. The molecular formula is C49H28N4O. The molecule has 0 radical (unpaired) electrons. The molecule has 0 fully saturated rings. The van der Waals surface area contributed by atoms with Crippen LogP contribution in [0, 0.1) is 0 Å². The van der Waals surface area contributed by atoms with Crippen molar-refractivity contribution in [1.29, 1.82) is 0 Å². The fraction of sp³-hybridized carbons (Fsp3) is 0. The van der Waals surface area contributed by atoms with Crippen molar-refractivity contribution in [3.63, 3.8) is 0 Å². The highest BCUT2D eigenvalue weighted by Gasteiger charge is 2.19. The van der Waals surface area contributed by atoms with Crippen molar-refractivity contribution in [2.45, 2.75) is 0 Å². The van der Waals surface area contributed by atoms with Crippen LogP contribution in [0.15, 0.2) is 174 Å². The number of imidazole rings is 1. The zero-order chi connectivity index (χ0) is 35.3. The Kier molecular flexibility index (Phi) is 5.99. The Balaban J connectivity index is 1.14. The first-order chi connectivity index (χ1) is 26.7. The summed E-state index contributed by atoms with van der Waals surface area (Å²) in [6.45, 7) is 0. The van der Waals surface area contributed by atoms with Crippen molar-refractivity contribution >= 4 is 81.7 Å². The van der Waals surface area contributed by atoms with Crippen LogP contribution >= 0.6 is 0 Å². The van der Waals surface area contributed by atoms with E-state index in [2.05, 4.69) is 162 Å². The van der Waals surface area contributed by atoms with Crippen LogP contribution in [0.25, 0.3) is 116 Å². The summed E-state index contributed by atoms with van der Waals surface area (Å²) in [5.74, 6) is 0.677. The second-order valence-corrected chi connectivity index (χ2v) is 14.0.